The highest BCUT2D eigenvalue weighted by atomic mass is 15.1. The molecule has 7 rings (SSSR count). The van der Waals surface area contributed by atoms with Crippen LogP contribution in [0.25, 0.3) is 33.4 Å². The van der Waals surface area contributed by atoms with Gasteiger partial charge in [-0.05, 0) is 108 Å². The van der Waals surface area contributed by atoms with Crippen LogP contribution < -0.4 is 10.2 Å². The molecular weight excluding hydrogens is 556 g/mol. The van der Waals surface area contributed by atoms with Crippen molar-refractivity contribution in [2.24, 2.45) is 0 Å². The smallest absolute Gasteiger partial charge is 0.0467 e. The van der Waals surface area contributed by atoms with Crippen molar-refractivity contribution in [3.05, 3.63) is 187 Å². The number of aryl methyl sites for hydroxylation is 2. The van der Waals surface area contributed by atoms with Crippen molar-refractivity contribution in [2.45, 2.75) is 13.8 Å². The Morgan fingerprint density at radius 2 is 0.717 bits per heavy atom. The van der Waals surface area contributed by atoms with E-state index >= 15 is 0 Å². The summed E-state index contributed by atoms with van der Waals surface area (Å²) < 4.78 is 0. The topological polar surface area (TPSA) is 15.3 Å². The number of rotatable bonds is 8. The summed E-state index contributed by atoms with van der Waals surface area (Å²) in [7, 11) is 0. The maximum absolute atomic E-state index is 3.53. The molecule has 0 heterocycles. The summed E-state index contributed by atoms with van der Waals surface area (Å²) in [4.78, 5) is 2.32. The van der Waals surface area contributed by atoms with Gasteiger partial charge in [0.25, 0.3) is 0 Å². The quantitative estimate of drug-likeness (QED) is 0.189. The van der Waals surface area contributed by atoms with Crippen molar-refractivity contribution in [1.29, 1.82) is 0 Å². The lowest BCUT2D eigenvalue weighted by atomic mass is 9.99. The van der Waals surface area contributed by atoms with Crippen LogP contribution in [0.1, 0.15) is 11.1 Å². The summed E-state index contributed by atoms with van der Waals surface area (Å²) in [6.07, 6.45) is 0. The van der Waals surface area contributed by atoms with E-state index in [9.17, 15) is 0 Å². The predicted molar refractivity (Wildman–Crippen MR) is 197 cm³/mol. The van der Waals surface area contributed by atoms with Crippen molar-refractivity contribution in [2.75, 3.05) is 10.2 Å². The van der Waals surface area contributed by atoms with E-state index in [1.165, 1.54) is 44.5 Å². The third-order valence-electron chi connectivity index (χ3n) is 8.41. The number of nitrogens with one attached hydrogen (secondary N) is 1. The van der Waals surface area contributed by atoms with Crippen LogP contribution in [-0.2, 0) is 0 Å². The molecule has 0 aliphatic carbocycles. The number of benzene rings is 7. The van der Waals surface area contributed by atoms with Gasteiger partial charge < -0.3 is 10.2 Å². The van der Waals surface area contributed by atoms with E-state index in [4.69, 9.17) is 0 Å². The minimum atomic E-state index is 1.07. The molecule has 0 aliphatic rings. The van der Waals surface area contributed by atoms with E-state index in [1.54, 1.807) is 0 Å². The minimum absolute atomic E-state index is 1.07. The van der Waals surface area contributed by atoms with E-state index < -0.39 is 0 Å². The van der Waals surface area contributed by atoms with Crippen molar-refractivity contribution in [3.63, 3.8) is 0 Å². The fraction of sp³-hybridized carbons (Fsp3) is 0.0455. The van der Waals surface area contributed by atoms with E-state index in [0.717, 1.165) is 28.4 Å². The normalized spacial score (nSPS) is 10.8. The van der Waals surface area contributed by atoms with E-state index in [-0.39, 0.29) is 0 Å². The van der Waals surface area contributed by atoms with E-state index in [0.29, 0.717) is 0 Å². The molecule has 1 N–H and O–H groups in total. The number of nitrogens with zero attached hydrogens (tertiary/aromatic N) is 1. The molecule has 0 aliphatic heterocycles. The molecule has 222 valence electrons. The monoisotopic (exact) mass is 592 g/mol. The molecule has 46 heavy (non-hydrogen) atoms. The fourth-order valence-electron chi connectivity index (χ4n) is 5.80. The van der Waals surface area contributed by atoms with Crippen LogP contribution in [0.15, 0.2) is 176 Å². The molecular formula is C44H36N2. The average Bonchev–Trinajstić information content (AvgIpc) is 3.11. The van der Waals surface area contributed by atoms with Gasteiger partial charge in [0.15, 0.2) is 0 Å². The molecule has 0 saturated heterocycles. The first kappa shape index (κ1) is 28.9. The molecule has 0 bridgehead atoms. The van der Waals surface area contributed by atoms with Gasteiger partial charge in [-0.1, -0.05) is 126 Å². The van der Waals surface area contributed by atoms with Crippen LogP contribution in [0.2, 0.25) is 0 Å². The largest absolute Gasteiger partial charge is 0.356 e. The minimum Gasteiger partial charge on any atom is -0.356 e. The molecule has 7 aromatic carbocycles. The van der Waals surface area contributed by atoms with Crippen LogP contribution in [0.5, 0.6) is 0 Å². The Bertz CT molecular complexity index is 1980. The molecule has 0 atom stereocenters. The summed E-state index contributed by atoms with van der Waals surface area (Å²) in [5.74, 6) is 0. The zero-order valence-corrected chi connectivity index (χ0v) is 26.2. The van der Waals surface area contributed by atoms with Gasteiger partial charge >= 0.3 is 0 Å². The summed E-state index contributed by atoms with van der Waals surface area (Å²) >= 11 is 0. The van der Waals surface area contributed by atoms with Crippen LogP contribution >= 0.6 is 0 Å². The number of hydrogen-bond acceptors (Lipinski definition) is 2. The Morgan fingerprint density at radius 3 is 1.20 bits per heavy atom. The van der Waals surface area contributed by atoms with Crippen molar-refractivity contribution < 1.29 is 0 Å². The highest BCUT2D eigenvalue weighted by molar-refractivity contribution is 5.81. The molecule has 7 aromatic rings. The number of hydrogen-bond donors (Lipinski definition) is 1. The molecule has 0 unspecified atom stereocenters. The van der Waals surface area contributed by atoms with Crippen LogP contribution in [-0.4, -0.2) is 0 Å². The molecule has 2 heteroatoms. The van der Waals surface area contributed by atoms with Gasteiger partial charge in [-0.25, -0.2) is 0 Å². The van der Waals surface area contributed by atoms with Crippen LogP contribution in [0.4, 0.5) is 28.4 Å². The third-order valence-corrected chi connectivity index (χ3v) is 8.41. The van der Waals surface area contributed by atoms with Gasteiger partial charge in [0.2, 0.25) is 0 Å². The van der Waals surface area contributed by atoms with Gasteiger partial charge in [-0.2, -0.15) is 0 Å². The van der Waals surface area contributed by atoms with Crippen molar-refractivity contribution >= 4 is 28.4 Å². The van der Waals surface area contributed by atoms with Crippen molar-refractivity contribution in [1.82, 2.24) is 0 Å². The first-order chi connectivity index (χ1) is 22.6. The predicted octanol–water partition coefficient (Wildman–Crippen LogP) is 12.5. The molecule has 0 fully saturated rings. The average molecular weight is 593 g/mol. The molecule has 0 spiro atoms. The maximum atomic E-state index is 3.53. The van der Waals surface area contributed by atoms with E-state index in [1.807, 2.05) is 6.07 Å². The highest BCUT2D eigenvalue weighted by Gasteiger charge is 2.13. The second-order valence-corrected chi connectivity index (χ2v) is 11.8. The van der Waals surface area contributed by atoms with Gasteiger partial charge in [0, 0.05) is 28.4 Å². The van der Waals surface area contributed by atoms with Gasteiger partial charge in [0.1, 0.15) is 0 Å². The molecule has 0 aromatic heterocycles. The summed E-state index contributed by atoms with van der Waals surface area (Å²) in [6, 6.07) is 62.8. The first-order valence-corrected chi connectivity index (χ1v) is 15.8. The van der Waals surface area contributed by atoms with Crippen LogP contribution in [0.3, 0.4) is 0 Å². The molecule has 0 amide bonds. The first-order valence-electron chi connectivity index (χ1n) is 15.8. The Balaban J connectivity index is 1.08. The Labute approximate surface area is 272 Å². The lowest BCUT2D eigenvalue weighted by Gasteiger charge is -2.26. The summed E-state index contributed by atoms with van der Waals surface area (Å²) in [5.41, 5.74) is 15.3. The standard InChI is InChI=1S/C44H36N2/c1-32-11-27-42(28-12-32)46(43-29-13-33(2)14-30-43)44-10-6-9-39(31-44)38-17-15-35(16-18-38)37-21-25-41(26-22-37)45-40-23-19-36(20-24-40)34-7-4-3-5-8-34/h3-31,45H,1-2H3. The summed E-state index contributed by atoms with van der Waals surface area (Å²) in [5, 5.41) is 3.53. The maximum Gasteiger partial charge on any atom is 0.0467 e. The lowest BCUT2D eigenvalue weighted by molar-refractivity contribution is 1.27. The molecule has 2 nitrogen and oxygen atoms in total. The SMILES string of the molecule is Cc1ccc(N(c2ccc(C)cc2)c2cccc(-c3ccc(-c4ccc(Nc5ccc(-c6ccccc6)cc5)cc4)cc3)c2)cc1. The second-order valence-electron chi connectivity index (χ2n) is 11.8. The lowest BCUT2D eigenvalue weighted by Crippen LogP contribution is -2.10. The second kappa shape index (κ2) is 13.0. The molecule has 0 saturated carbocycles. The van der Waals surface area contributed by atoms with Gasteiger partial charge in [-0.3, -0.25) is 0 Å². The zero-order valence-electron chi connectivity index (χ0n) is 26.2. The van der Waals surface area contributed by atoms with Crippen LogP contribution in [0, 0.1) is 13.8 Å². The zero-order chi connectivity index (χ0) is 31.3. The van der Waals surface area contributed by atoms with Gasteiger partial charge in [-0.15, -0.1) is 0 Å². The fourth-order valence-corrected chi connectivity index (χ4v) is 5.80. The van der Waals surface area contributed by atoms with Crippen molar-refractivity contribution in [3.8, 4) is 33.4 Å². The third kappa shape index (κ3) is 6.47. The summed E-state index contributed by atoms with van der Waals surface area (Å²) in [6.45, 7) is 4.25. The Kier molecular flexibility index (Phi) is 8.17. The highest BCUT2D eigenvalue weighted by Crippen LogP contribution is 2.37. The number of anilines is 5. The van der Waals surface area contributed by atoms with Gasteiger partial charge in [0.05, 0.1) is 0 Å². The Morgan fingerprint density at radius 1 is 0.326 bits per heavy atom. The Hall–Kier alpha value is -5.86. The molecule has 0 radical (unpaired) electrons. The van der Waals surface area contributed by atoms with E-state index in [2.05, 4.69) is 194 Å².